The third-order valence-corrected chi connectivity index (χ3v) is 4.13. The molecule has 148 valence electrons. The maximum Gasteiger partial charge on any atom is 0.416 e. The van der Waals surface area contributed by atoms with Gasteiger partial charge in [0, 0.05) is 16.8 Å². The van der Waals surface area contributed by atoms with Crippen molar-refractivity contribution in [2.24, 2.45) is 0 Å². The Bertz CT molecular complexity index is 1060. The summed E-state index contributed by atoms with van der Waals surface area (Å²) in [5, 5.41) is 11.2. The van der Waals surface area contributed by atoms with Crippen molar-refractivity contribution in [3.63, 3.8) is 0 Å². The molecule has 5 nitrogen and oxygen atoms in total. The maximum atomic E-state index is 12.8. The van der Waals surface area contributed by atoms with Gasteiger partial charge in [0.05, 0.1) is 5.56 Å². The molecule has 0 saturated carbocycles. The summed E-state index contributed by atoms with van der Waals surface area (Å²) < 4.78 is 38.5. The van der Waals surface area contributed by atoms with E-state index >= 15 is 0 Å². The SMILES string of the molecule is O=C(NO)c1cccc(-c2cccc(C(=O)Nc3cccc(C(F)(F)F)c3)c2)c1. The number of hydrogen-bond donors (Lipinski definition) is 3. The summed E-state index contributed by atoms with van der Waals surface area (Å²) in [6.07, 6.45) is -4.51. The molecule has 3 N–H and O–H groups in total. The monoisotopic (exact) mass is 400 g/mol. The first-order valence-electron chi connectivity index (χ1n) is 8.41. The molecule has 0 aromatic heterocycles. The van der Waals surface area contributed by atoms with Crippen molar-refractivity contribution in [1.29, 1.82) is 0 Å². The lowest BCUT2D eigenvalue weighted by molar-refractivity contribution is -0.137. The van der Waals surface area contributed by atoms with Gasteiger partial charge in [0.1, 0.15) is 0 Å². The normalized spacial score (nSPS) is 11.0. The van der Waals surface area contributed by atoms with Crippen LogP contribution in [0.5, 0.6) is 0 Å². The Morgan fingerprint density at radius 2 is 1.31 bits per heavy atom. The third kappa shape index (κ3) is 4.80. The number of hydroxylamine groups is 1. The number of hydrogen-bond acceptors (Lipinski definition) is 3. The molecule has 0 aliphatic carbocycles. The molecule has 0 atom stereocenters. The number of alkyl halides is 3. The molecule has 0 heterocycles. The van der Waals surface area contributed by atoms with E-state index in [1.807, 2.05) is 0 Å². The van der Waals surface area contributed by atoms with Crippen molar-refractivity contribution in [3.05, 3.63) is 89.5 Å². The van der Waals surface area contributed by atoms with Gasteiger partial charge in [0.25, 0.3) is 11.8 Å². The average Bonchev–Trinajstić information content (AvgIpc) is 2.73. The van der Waals surface area contributed by atoms with Crippen LogP contribution in [0.2, 0.25) is 0 Å². The molecule has 0 fully saturated rings. The molecule has 29 heavy (non-hydrogen) atoms. The molecule has 0 aliphatic rings. The number of carbonyl (C=O) groups is 2. The Labute approximate surface area is 163 Å². The molecule has 0 bridgehead atoms. The molecule has 0 saturated heterocycles. The third-order valence-electron chi connectivity index (χ3n) is 4.13. The van der Waals surface area contributed by atoms with Gasteiger partial charge in [0.2, 0.25) is 0 Å². The zero-order valence-corrected chi connectivity index (χ0v) is 14.8. The largest absolute Gasteiger partial charge is 0.416 e. The Hall–Kier alpha value is -3.65. The number of nitrogens with one attached hydrogen (secondary N) is 2. The van der Waals surface area contributed by atoms with Gasteiger partial charge in [-0.25, -0.2) is 5.48 Å². The minimum atomic E-state index is -4.51. The molecule has 0 spiro atoms. The fourth-order valence-corrected chi connectivity index (χ4v) is 2.72. The maximum absolute atomic E-state index is 12.8. The van der Waals surface area contributed by atoms with Gasteiger partial charge in [-0.3, -0.25) is 14.8 Å². The summed E-state index contributed by atoms with van der Waals surface area (Å²) in [5.74, 6) is -1.25. The van der Waals surface area contributed by atoms with Gasteiger partial charge in [-0.1, -0.05) is 30.3 Å². The van der Waals surface area contributed by atoms with Crippen LogP contribution in [0.15, 0.2) is 72.8 Å². The summed E-state index contributed by atoms with van der Waals surface area (Å²) in [7, 11) is 0. The average molecular weight is 400 g/mol. The molecule has 3 aromatic rings. The second-order valence-corrected chi connectivity index (χ2v) is 6.14. The van der Waals surface area contributed by atoms with Crippen LogP contribution in [-0.2, 0) is 6.18 Å². The summed E-state index contributed by atoms with van der Waals surface area (Å²) in [6, 6.07) is 17.2. The van der Waals surface area contributed by atoms with Gasteiger partial charge in [-0.05, 0) is 53.6 Å². The van der Waals surface area contributed by atoms with E-state index in [2.05, 4.69) is 5.32 Å². The summed E-state index contributed by atoms with van der Waals surface area (Å²) in [6.45, 7) is 0. The summed E-state index contributed by atoms with van der Waals surface area (Å²) in [5.41, 5.74) is 2.42. The van der Waals surface area contributed by atoms with Crippen molar-refractivity contribution in [2.75, 3.05) is 5.32 Å². The van der Waals surface area contributed by atoms with Crippen LogP contribution in [0.25, 0.3) is 11.1 Å². The fraction of sp³-hybridized carbons (Fsp3) is 0.0476. The van der Waals surface area contributed by atoms with Crippen LogP contribution >= 0.6 is 0 Å². The summed E-state index contributed by atoms with van der Waals surface area (Å²) >= 11 is 0. The molecule has 3 aromatic carbocycles. The highest BCUT2D eigenvalue weighted by Crippen LogP contribution is 2.31. The second-order valence-electron chi connectivity index (χ2n) is 6.14. The smallest absolute Gasteiger partial charge is 0.322 e. The van der Waals surface area contributed by atoms with E-state index in [4.69, 9.17) is 5.21 Å². The second kappa shape index (κ2) is 8.15. The van der Waals surface area contributed by atoms with Gasteiger partial charge in [-0.15, -0.1) is 0 Å². The molecule has 2 amide bonds. The Morgan fingerprint density at radius 3 is 1.86 bits per heavy atom. The number of halogens is 3. The van der Waals surface area contributed by atoms with E-state index in [1.54, 1.807) is 35.8 Å². The standard InChI is InChI=1S/C21H15F3N2O3/c22-21(23,24)17-8-3-9-18(12-17)25-19(27)15-6-1-4-13(10-15)14-5-2-7-16(11-14)20(28)26-29/h1-12,29H,(H,25,27)(H,26,28). The van der Waals surface area contributed by atoms with E-state index < -0.39 is 23.6 Å². The zero-order chi connectivity index (χ0) is 21.0. The Kier molecular flexibility index (Phi) is 5.65. The molecule has 0 aliphatic heterocycles. The number of carbonyl (C=O) groups excluding carboxylic acids is 2. The van der Waals surface area contributed by atoms with Gasteiger partial charge < -0.3 is 5.32 Å². The molecular weight excluding hydrogens is 385 g/mol. The lowest BCUT2D eigenvalue weighted by atomic mass is 10.0. The topological polar surface area (TPSA) is 78.4 Å². The Morgan fingerprint density at radius 1 is 0.759 bits per heavy atom. The van der Waals surface area contributed by atoms with Crippen LogP contribution in [0.4, 0.5) is 18.9 Å². The van der Waals surface area contributed by atoms with E-state index in [0.717, 1.165) is 12.1 Å². The zero-order valence-electron chi connectivity index (χ0n) is 14.8. The predicted octanol–water partition coefficient (Wildman–Crippen LogP) is 4.74. The molecule has 8 heteroatoms. The highest BCUT2D eigenvalue weighted by Gasteiger charge is 2.30. The Balaban J connectivity index is 1.85. The van der Waals surface area contributed by atoms with Crippen molar-refractivity contribution in [1.82, 2.24) is 5.48 Å². The number of benzene rings is 3. The first-order chi connectivity index (χ1) is 13.8. The van der Waals surface area contributed by atoms with E-state index in [-0.39, 0.29) is 16.8 Å². The minimum absolute atomic E-state index is 0.0249. The lowest BCUT2D eigenvalue weighted by Gasteiger charge is -2.11. The molecule has 0 unspecified atom stereocenters. The van der Waals surface area contributed by atoms with Gasteiger partial charge in [-0.2, -0.15) is 13.2 Å². The first-order valence-corrected chi connectivity index (χ1v) is 8.41. The van der Waals surface area contributed by atoms with Crippen molar-refractivity contribution in [2.45, 2.75) is 6.18 Å². The lowest BCUT2D eigenvalue weighted by Crippen LogP contribution is -2.18. The van der Waals surface area contributed by atoms with Crippen LogP contribution in [0.1, 0.15) is 26.3 Å². The minimum Gasteiger partial charge on any atom is -0.322 e. The summed E-state index contributed by atoms with van der Waals surface area (Å²) in [4.78, 5) is 24.1. The van der Waals surface area contributed by atoms with Crippen molar-refractivity contribution >= 4 is 17.5 Å². The number of rotatable bonds is 4. The quantitative estimate of drug-likeness (QED) is 0.437. The molecule has 0 radical (unpaired) electrons. The highest BCUT2D eigenvalue weighted by molar-refractivity contribution is 6.05. The number of anilines is 1. The van der Waals surface area contributed by atoms with Gasteiger partial charge >= 0.3 is 6.18 Å². The van der Waals surface area contributed by atoms with E-state index in [9.17, 15) is 22.8 Å². The van der Waals surface area contributed by atoms with Gasteiger partial charge in [0.15, 0.2) is 0 Å². The van der Waals surface area contributed by atoms with Crippen LogP contribution < -0.4 is 10.8 Å². The fourth-order valence-electron chi connectivity index (χ4n) is 2.72. The number of amides is 2. The highest BCUT2D eigenvalue weighted by atomic mass is 19.4. The molecule has 3 rings (SSSR count). The van der Waals surface area contributed by atoms with Crippen molar-refractivity contribution in [3.8, 4) is 11.1 Å². The van der Waals surface area contributed by atoms with Crippen LogP contribution in [0.3, 0.4) is 0 Å². The van der Waals surface area contributed by atoms with Crippen LogP contribution in [0, 0.1) is 0 Å². The predicted molar refractivity (Wildman–Crippen MR) is 101 cm³/mol. The van der Waals surface area contributed by atoms with E-state index in [1.165, 1.54) is 30.3 Å². The van der Waals surface area contributed by atoms with Crippen LogP contribution in [-0.4, -0.2) is 17.0 Å². The van der Waals surface area contributed by atoms with Crippen molar-refractivity contribution < 1.29 is 28.0 Å². The first kappa shape index (κ1) is 20.1. The molecular formula is C21H15F3N2O3. The van der Waals surface area contributed by atoms with E-state index in [0.29, 0.717) is 11.1 Å².